The summed E-state index contributed by atoms with van der Waals surface area (Å²) in [6, 6.07) is 3.89. The number of aliphatic imine (C=N–C) groups is 1. The van der Waals surface area contributed by atoms with Crippen LogP contribution in [-0.2, 0) is 11.2 Å². The predicted molar refractivity (Wildman–Crippen MR) is 127 cm³/mol. The molecule has 1 saturated heterocycles. The maximum Gasteiger partial charge on any atom is 0.234 e. The minimum atomic E-state index is 0.0800. The van der Waals surface area contributed by atoms with Crippen LogP contribution in [0.2, 0.25) is 0 Å². The quantitative estimate of drug-likeness (QED) is 0.412. The zero-order valence-corrected chi connectivity index (χ0v) is 20.4. The van der Waals surface area contributed by atoms with Gasteiger partial charge in [0.2, 0.25) is 5.91 Å². The standard InChI is InChI=1S/C23H39N5O4/c1-7-24-23(28-12-10-27(11-13-28)16-22(29)26-17(2)3)25-9-8-19-20(31-5)14-18(30-4)15-21(19)32-6/h14-15,17H,7-13,16H2,1-6H3,(H,24,25)(H,26,29). The fourth-order valence-corrected chi connectivity index (χ4v) is 3.71. The maximum absolute atomic E-state index is 12.0. The van der Waals surface area contributed by atoms with Crippen LogP contribution in [0.3, 0.4) is 0 Å². The van der Waals surface area contributed by atoms with Crippen molar-refractivity contribution in [2.45, 2.75) is 33.2 Å². The first-order chi connectivity index (χ1) is 15.4. The van der Waals surface area contributed by atoms with Crippen LogP contribution in [0.15, 0.2) is 17.1 Å². The highest BCUT2D eigenvalue weighted by molar-refractivity contribution is 5.80. The molecule has 1 amide bonds. The molecule has 0 atom stereocenters. The Kier molecular flexibility index (Phi) is 10.4. The molecule has 0 bridgehead atoms. The highest BCUT2D eigenvalue weighted by Crippen LogP contribution is 2.34. The van der Waals surface area contributed by atoms with Crippen molar-refractivity contribution in [2.75, 3.05) is 67.1 Å². The van der Waals surface area contributed by atoms with E-state index in [0.29, 0.717) is 25.3 Å². The Balaban J connectivity index is 1.99. The second-order valence-electron chi connectivity index (χ2n) is 7.98. The molecule has 2 rings (SSSR count). The van der Waals surface area contributed by atoms with Crippen LogP contribution in [0.25, 0.3) is 0 Å². The summed E-state index contributed by atoms with van der Waals surface area (Å²) in [5.74, 6) is 3.13. The maximum atomic E-state index is 12.0. The van der Waals surface area contributed by atoms with Crippen molar-refractivity contribution in [1.29, 1.82) is 0 Å². The summed E-state index contributed by atoms with van der Waals surface area (Å²) in [5, 5.41) is 6.35. The zero-order chi connectivity index (χ0) is 23.5. The molecule has 1 aliphatic rings. The third-order valence-electron chi connectivity index (χ3n) is 5.26. The molecule has 9 heteroatoms. The molecule has 32 heavy (non-hydrogen) atoms. The SMILES string of the molecule is CCNC(=NCCc1c(OC)cc(OC)cc1OC)N1CCN(CC(=O)NC(C)C)CC1. The molecule has 0 unspecified atom stereocenters. The molecule has 1 heterocycles. The third kappa shape index (κ3) is 7.47. The number of benzene rings is 1. The fourth-order valence-electron chi connectivity index (χ4n) is 3.71. The molecule has 180 valence electrons. The van der Waals surface area contributed by atoms with Crippen molar-refractivity contribution in [3.8, 4) is 17.2 Å². The lowest BCUT2D eigenvalue weighted by molar-refractivity contribution is -0.123. The van der Waals surface area contributed by atoms with Gasteiger partial charge in [-0.1, -0.05) is 0 Å². The summed E-state index contributed by atoms with van der Waals surface area (Å²) in [5.41, 5.74) is 0.969. The van der Waals surface area contributed by atoms with Gasteiger partial charge < -0.3 is 29.7 Å². The van der Waals surface area contributed by atoms with Crippen LogP contribution in [-0.4, -0.2) is 94.9 Å². The van der Waals surface area contributed by atoms with Crippen LogP contribution in [0.1, 0.15) is 26.3 Å². The first kappa shape index (κ1) is 25.6. The Hall–Kier alpha value is -2.68. The lowest BCUT2D eigenvalue weighted by Gasteiger charge is -2.36. The topological polar surface area (TPSA) is 87.7 Å². The number of carbonyl (C=O) groups excluding carboxylic acids is 1. The van der Waals surface area contributed by atoms with E-state index in [4.69, 9.17) is 19.2 Å². The van der Waals surface area contributed by atoms with E-state index in [1.165, 1.54) is 0 Å². The van der Waals surface area contributed by atoms with Gasteiger partial charge in [-0.3, -0.25) is 14.7 Å². The second kappa shape index (κ2) is 13.0. The first-order valence-corrected chi connectivity index (χ1v) is 11.3. The van der Waals surface area contributed by atoms with Crippen LogP contribution < -0.4 is 24.8 Å². The lowest BCUT2D eigenvalue weighted by atomic mass is 10.1. The number of rotatable bonds is 10. The number of hydrogen-bond acceptors (Lipinski definition) is 6. The van der Waals surface area contributed by atoms with Gasteiger partial charge in [-0.2, -0.15) is 0 Å². The Morgan fingerprint density at radius 2 is 1.69 bits per heavy atom. The molecule has 0 spiro atoms. The molecule has 0 aromatic heterocycles. The Bertz CT molecular complexity index is 736. The van der Waals surface area contributed by atoms with Gasteiger partial charge in [0.25, 0.3) is 0 Å². The minimum absolute atomic E-state index is 0.0800. The van der Waals surface area contributed by atoms with Crippen LogP contribution in [0, 0.1) is 0 Å². The van der Waals surface area contributed by atoms with E-state index < -0.39 is 0 Å². The van der Waals surface area contributed by atoms with E-state index in [1.54, 1.807) is 21.3 Å². The molecule has 2 N–H and O–H groups in total. The van der Waals surface area contributed by atoms with Crippen LogP contribution in [0.4, 0.5) is 0 Å². The number of piperazine rings is 1. The van der Waals surface area contributed by atoms with Gasteiger partial charge in [0, 0.05) is 63.0 Å². The largest absolute Gasteiger partial charge is 0.496 e. The molecular formula is C23H39N5O4. The van der Waals surface area contributed by atoms with Gasteiger partial charge in [-0.25, -0.2) is 0 Å². The lowest BCUT2D eigenvalue weighted by Crippen LogP contribution is -2.54. The molecule has 1 fully saturated rings. The van der Waals surface area contributed by atoms with E-state index in [1.807, 2.05) is 26.0 Å². The Morgan fingerprint density at radius 1 is 1.06 bits per heavy atom. The number of ether oxygens (including phenoxy) is 3. The summed E-state index contributed by atoms with van der Waals surface area (Å²) in [6.45, 7) is 11.2. The van der Waals surface area contributed by atoms with Crippen molar-refractivity contribution in [3.05, 3.63) is 17.7 Å². The molecule has 9 nitrogen and oxygen atoms in total. The third-order valence-corrected chi connectivity index (χ3v) is 5.26. The molecule has 1 aromatic rings. The van der Waals surface area contributed by atoms with Gasteiger partial charge in [-0.15, -0.1) is 0 Å². The summed E-state index contributed by atoms with van der Waals surface area (Å²) in [6.07, 6.45) is 0.681. The van der Waals surface area contributed by atoms with E-state index in [9.17, 15) is 4.79 Å². The number of guanidine groups is 1. The smallest absolute Gasteiger partial charge is 0.234 e. The molecule has 1 aromatic carbocycles. The highest BCUT2D eigenvalue weighted by atomic mass is 16.5. The Labute approximate surface area is 192 Å². The fraction of sp³-hybridized carbons (Fsp3) is 0.652. The van der Waals surface area contributed by atoms with Crippen molar-refractivity contribution in [1.82, 2.24) is 20.4 Å². The molecule has 0 aliphatic carbocycles. The average molecular weight is 450 g/mol. The number of hydrogen-bond donors (Lipinski definition) is 2. The average Bonchev–Trinajstić information content (AvgIpc) is 2.78. The minimum Gasteiger partial charge on any atom is -0.496 e. The van der Waals surface area contributed by atoms with Crippen LogP contribution in [0.5, 0.6) is 17.2 Å². The van der Waals surface area contributed by atoms with E-state index in [2.05, 4.69) is 27.4 Å². The number of amides is 1. The van der Waals surface area contributed by atoms with Crippen molar-refractivity contribution in [2.24, 2.45) is 4.99 Å². The van der Waals surface area contributed by atoms with E-state index >= 15 is 0 Å². The van der Waals surface area contributed by atoms with Gasteiger partial charge >= 0.3 is 0 Å². The van der Waals surface area contributed by atoms with Gasteiger partial charge in [0.05, 0.1) is 27.9 Å². The molecular weight excluding hydrogens is 410 g/mol. The monoisotopic (exact) mass is 449 g/mol. The van der Waals surface area contributed by atoms with Crippen molar-refractivity contribution in [3.63, 3.8) is 0 Å². The van der Waals surface area contributed by atoms with Gasteiger partial charge in [-0.05, 0) is 27.2 Å². The highest BCUT2D eigenvalue weighted by Gasteiger charge is 2.21. The normalized spacial score (nSPS) is 15.0. The molecule has 0 radical (unpaired) electrons. The van der Waals surface area contributed by atoms with Crippen molar-refractivity contribution >= 4 is 11.9 Å². The summed E-state index contributed by atoms with van der Waals surface area (Å²) in [7, 11) is 4.91. The van der Waals surface area contributed by atoms with E-state index in [0.717, 1.165) is 55.7 Å². The first-order valence-electron chi connectivity index (χ1n) is 11.3. The number of nitrogens with one attached hydrogen (secondary N) is 2. The number of carbonyl (C=O) groups is 1. The number of nitrogens with zero attached hydrogens (tertiary/aromatic N) is 3. The zero-order valence-electron chi connectivity index (χ0n) is 20.4. The summed E-state index contributed by atoms with van der Waals surface area (Å²) < 4.78 is 16.4. The van der Waals surface area contributed by atoms with Crippen molar-refractivity contribution < 1.29 is 19.0 Å². The predicted octanol–water partition coefficient (Wildman–Crippen LogP) is 1.36. The van der Waals surface area contributed by atoms with E-state index in [-0.39, 0.29) is 11.9 Å². The van der Waals surface area contributed by atoms with Crippen LogP contribution >= 0.6 is 0 Å². The molecule has 0 saturated carbocycles. The summed E-state index contributed by atoms with van der Waals surface area (Å²) >= 11 is 0. The van der Waals surface area contributed by atoms with Gasteiger partial charge in [0.15, 0.2) is 5.96 Å². The second-order valence-corrected chi connectivity index (χ2v) is 7.98. The van der Waals surface area contributed by atoms with Gasteiger partial charge in [0.1, 0.15) is 17.2 Å². The Morgan fingerprint density at radius 3 is 2.19 bits per heavy atom. The number of methoxy groups -OCH3 is 3. The summed E-state index contributed by atoms with van der Waals surface area (Å²) in [4.78, 5) is 21.3. The molecule has 1 aliphatic heterocycles.